The Morgan fingerprint density at radius 2 is 1.94 bits per heavy atom. The van der Waals surface area contributed by atoms with Crippen LogP contribution < -0.4 is 10.6 Å². The molecule has 10 heteroatoms. The molecule has 1 aromatic carbocycles. The number of alkyl halides is 1. The third-order valence-corrected chi connectivity index (χ3v) is 6.08. The van der Waals surface area contributed by atoms with Crippen molar-refractivity contribution in [2.45, 2.75) is 68.3 Å². The number of nitrogens with zero attached hydrogens (tertiary/aromatic N) is 1. The Kier molecular flexibility index (Phi) is 6.88. The first kappa shape index (κ1) is 23.8. The van der Waals surface area contributed by atoms with Gasteiger partial charge in [0.25, 0.3) is 5.91 Å². The second-order valence-electron chi connectivity index (χ2n) is 8.77. The van der Waals surface area contributed by atoms with Crippen LogP contribution in [0.4, 0.5) is 4.39 Å². The molecule has 0 spiro atoms. The van der Waals surface area contributed by atoms with Gasteiger partial charge in [0.05, 0.1) is 6.10 Å². The van der Waals surface area contributed by atoms with Crippen LogP contribution in [0.5, 0.6) is 0 Å². The van der Waals surface area contributed by atoms with E-state index in [0.717, 1.165) is 5.56 Å². The zero-order valence-electron chi connectivity index (χ0n) is 17.4. The second kappa shape index (κ2) is 8.96. The summed E-state index contributed by atoms with van der Waals surface area (Å²) in [6.07, 6.45) is -0.583. The summed E-state index contributed by atoms with van der Waals surface area (Å²) < 4.78 is 13.1. The number of thiol groups is 1. The molecule has 0 bridgehead atoms. The maximum Gasteiger partial charge on any atom is 0.258 e. The summed E-state index contributed by atoms with van der Waals surface area (Å²) in [5, 5.41) is 15.9. The monoisotopic (exact) mass is 471 g/mol. The lowest BCUT2D eigenvalue weighted by Gasteiger charge is -2.35. The first-order valence-corrected chi connectivity index (χ1v) is 11.0. The topological polar surface area (TPSA) is 98.7 Å². The number of halogens is 2. The molecule has 31 heavy (non-hydrogen) atoms. The number of hydrogen-bond acceptors (Lipinski definition) is 5. The molecule has 1 saturated heterocycles. The van der Waals surface area contributed by atoms with Gasteiger partial charge in [-0.25, -0.2) is 4.39 Å². The van der Waals surface area contributed by atoms with Crippen molar-refractivity contribution in [2.24, 2.45) is 0 Å². The van der Waals surface area contributed by atoms with Crippen LogP contribution in [0.25, 0.3) is 0 Å². The van der Waals surface area contributed by atoms with Crippen molar-refractivity contribution in [3.63, 3.8) is 0 Å². The third-order valence-electron chi connectivity index (χ3n) is 5.57. The highest BCUT2D eigenvalue weighted by Crippen LogP contribution is 2.40. The average Bonchev–Trinajstić information content (AvgIpc) is 3.33. The summed E-state index contributed by atoms with van der Waals surface area (Å²) in [6, 6.07) is 4.89. The number of carbonyl (C=O) groups excluding carboxylic acids is 3. The quantitative estimate of drug-likeness (QED) is 0.454. The van der Waals surface area contributed by atoms with Gasteiger partial charge in [-0.15, -0.1) is 0 Å². The summed E-state index contributed by atoms with van der Waals surface area (Å²) in [5.74, 6) is -1.86. The zero-order valence-corrected chi connectivity index (χ0v) is 19.0. The number of carbonyl (C=O) groups is 3. The molecule has 2 aliphatic rings. The predicted octanol–water partition coefficient (Wildman–Crippen LogP) is 1.61. The van der Waals surface area contributed by atoms with Crippen LogP contribution in [-0.2, 0) is 20.9 Å². The Balaban J connectivity index is 1.71. The van der Waals surface area contributed by atoms with E-state index in [1.807, 2.05) is 0 Å². The van der Waals surface area contributed by atoms with Gasteiger partial charge in [0.15, 0.2) is 5.67 Å². The summed E-state index contributed by atoms with van der Waals surface area (Å²) in [5.41, 5.74) is -1.12. The van der Waals surface area contributed by atoms with Gasteiger partial charge in [0.2, 0.25) is 11.8 Å². The Hall–Kier alpha value is -1.84. The smallest absolute Gasteiger partial charge is 0.258 e. The minimum Gasteiger partial charge on any atom is -0.391 e. The molecular weight excluding hydrogens is 445 g/mol. The van der Waals surface area contributed by atoms with E-state index in [-0.39, 0.29) is 32.4 Å². The van der Waals surface area contributed by atoms with Crippen molar-refractivity contribution < 1.29 is 23.9 Å². The summed E-state index contributed by atoms with van der Waals surface area (Å²) in [6.45, 7) is 3.42. The van der Waals surface area contributed by atoms with E-state index in [0.29, 0.717) is 5.02 Å². The maximum atomic E-state index is 14.2. The lowest BCUT2D eigenvalue weighted by molar-refractivity contribution is -0.143. The number of β-amino-alcohol motifs (C(OH)–C–C–N with tert-alkyl or cyclic N) is 1. The van der Waals surface area contributed by atoms with Crippen LogP contribution in [-0.4, -0.2) is 62.9 Å². The number of aliphatic hydroxyl groups is 1. The van der Waals surface area contributed by atoms with E-state index < -0.39 is 46.3 Å². The molecule has 1 aromatic rings. The molecule has 3 atom stereocenters. The van der Waals surface area contributed by atoms with Crippen LogP contribution in [0.15, 0.2) is 24.3 Å². The molecule has 1 unspecified atom stereocenters. The minimum atomic E-state index is -1.95. The number of rotatable bonds is 7. The molecule has 3 rings (SSSR count). The van der Waals surface area contributed by atoms with Gasteiger partial charge in [-0.3, -0.25) is 14.4 Å². The van der Waals surface area contributed by atoms with Crippen LogP contribution in [0, 0.1) is 0 Å². The van der Waals surface area contributed by atoms with E-state index in [1.165, 1.54) is 4.90 Å². The highest BCUT2D eigenvalue weighted by atomic mass is 35.5. The Labute approximate surface area is 191 Å². The van der Waals surface area contributed by atoms with Crippen LogP contribution in [0.3, 0.4) is 0 Å². The molecule has 7 nitrogen and oxygen atoms in total. The molecular formula is C21H27ClFN3O4S. The molecule has 1 heterocycles. The molecule has 0 radical (unpaired) electrons. The van der Waals surface area contributed by atoms with Crippen molar-refractivity contribution >= 4 is 42.0 Å². The van der Waals surface area contributed by atoms with E-state index in [1.54, 1.807) is 38.1 Å². The standard InChI is InChI=1S/C21H27ClFN3O4S/c1-20(2,31)16(25-19(30)21(23)7-8-21)18(29)26-11-14(27)9-15(26)17(28)24-10-12-3-5-13(22)6-4-12/h3-6,14-16,27,31H,7-11H2,1-2H3,(H,24,28)(H,25,30)/t14-,15+,16?/m1/s1. The number of aliphatic hydroxyl groups excluding tert-OH is 1. The average molecular weight is 472 g/mol. The fourth-order valence-electron chi connectivity index (χ4n) is 3.52. The number of benzene rings is 1. The van der Waals surface area contributed by atoms with Crippen molar-refractivity contribution in [2.75, 3.05) is 6.54 Å². The molecule has 3 N–H and O–H groups in total. The first-order chi connectivity index (χ1) is 14.4. The molecule has 2 fully saturated rings. The van der Waals surface area contributed by atoms with E-state index in [9.17, 15) is 23.9 Å². The first-order valence-electron chi connectivity index (χ1n) is 10.1. The second-order valence-corrected chi connectivity index (χ2v) is 10.4. The molecule has 1 aliphatic heterocycles. The molecule has 1 saturated carbocycles. The van der Waals surface area contributed by atoms with Crippen LogP contribution >= 0.6 is 24.2 Å². The van der Waals surface area contributed by atoms with Crippen molar-refractivity contribution in [3.05, 3.63) is 34.9 Å². The number of hydrogen-bond donors (Lipinski definition) is 4. The highest BCUT2D eigenvalue weighted by molar-refractivity contribution is 7.81. The molecule has 170 valence electrons. The Morgan fingerprint density at radius 3 is 2.48 bits per heavy atom. The van der Waals surface area contributed by atoms with Crippen LogP contribution in [0.1, 0.15) is 38.7 Å². The lowest BCUT2D eigenvalue weighted by atomic mass is 10.0. The van der Waals surface area contributed by atoms with Gasteiger partial charge in [-0.1, -0.05) is 23.7 Å². The SMILES string of the molecule is CC(C)(S)C(NC(=O)C1(F)CC1)C(=O)N1C[C@H](O)C[C@H]1C(=O)NCc1ccc(Cl)cc1. The summed E-state index contributed by atoms with van der Waals surface area (Å²) >= 11 is 10.3. The van der Waals surface area contributed by atoms with Crippen molar-refractivity contribution in [1.82, 2.24) is 15.5 Å². The van der Waals surface area contributed by atoms with Gasteiger partial charge < -0.3 is 20.6 Å². The van der Waals surface area contributed by atoms with E-state index >= 15 is 0 Å². The predicted molar refractivity (Wildman–Crippen MR) is 117 cm³/mol. The molecule has 3 amide bonds. The van der Waals surface area contributed by atoms with Gasteiger partial charge >= 0.3 is 0 Å². The van der Waals surface area contributed by atoms with E-state index in [4.69, 9.17) is 11.6 Å². The highest BCUT2D eigenvalue weighted by Gasteiger charge is 2.53. The van der Waals surface area contributed by atoms with Gasteiger partial charge in [0.1, 0.15) is 12.1 Å². The van der Waals surface area contributed by atoms with Gasteiger partial charge in [-0.05, 0) is 44.4 Å². The van der Waals surface area contributed by atoms with Crippen molar-refractivity contribution in [1.29, 1.82) is 0 Å². The number of likely N-dealkylation sites (tertiary alicyclic amines) is 1. The van der Waals surface area contributed by atoms with Gasteiger partial charge in [0, 0.05) is 29.3 Å². The zero-order chi connectivity index (χ0) is 23.0. The summed E-state index contributed by atoms with van der Waals surface area (Å²) in [4.78, 5) is 39.6. The molecule has 0 aromatic heterocycles. The van der Waals surface area contributed by atoms with Gasteiger partial charge in [-0.2, -0.15) is 12.6 Å². The number of nitrogens with one attached hydrogen (secondary N) is 2. The lowest BCUT2D eigenvalue weighted by Crippen LogP contribution is -2.60. The van der Waals surface area contributed by atoms with Crippen molar-refractivity contribution in [3.8, 4) is 0 Å². The normalized spacial score (nSPS) is 23.2. The Morgan fingerprint density at radius 1 is 1.32 bits per heavy atom. The van der Waals surface area contributed by atoms with Crippen LogP contribution in [0.2, 0.25) is 5.02 Å². The van der Waals surface area contributed by atoms with E-state index in [2.05, 4.69) is 23.3 Å². The third kappa shape index (κ3) is 5.70. The maximum absolute atomic E-state index is 14.2. The largest absolute Gasteiger partial charge is 0.391 e. The minimum absolute atomic E-state index is 0.0607. The molecule has 1 aliphatic carbocycles. The summed E-state index contributed by atoms with van der Waals surface area (Å²) in [7, 11) is 0. The Bertz CT molecular complexity index is 857. The fraction of sp³-hybridized carbons (Fsp3) is 0.571. The number of amides is 3. The fourth-order valence-corrected chi connectivity index (χ4v) is 3.82.